The minimum atomic E-state index is -0.810. The number of halogens is 1. The number of methoxy groups -OCH3 is 1. The highest BCUT2D eigenvalue weighted by atomic mass is 35.5. The standard InChI is InChI=1S/C15H26ClNO3/c1-15(2,3)11-7-5-10(6-8-11)13(18)17-9-12(16)14(19)20-4/h10-12H,5-9H2,1-4H3,(H,17,18). The summed E-state index contributed by atoms with van der Waals surface area (Å²) in [5, 5.41) is 1.94. The number of hydrogen-bond donors (Lipinski definition) is 1. The molecule has 0 aliphatic heterocycles. The number of carbonyl (C=O) groups excluding carboxylic acids is 2. The Morgan fingerprint density at radius 3 is 2.25 bits per heavy atom. The summed E-state index contributed by atoms with van der Waals surface area (Å²) in [5.74, 6) is 0.229. The van der Waals surface area contributed by atoms with Crippen molar-refractivity contribution in [2.75, 3.05) is 13.7 Å². The van der Waals surface area contributed by atoms with Crippen LogP contribution in [-0.4, -0.2) is 30.9 Å². The summed E-state index contributed by atoms with van der Waals surface area (Å²) in [6, 6.07) is 0. The van der Waals surface area contributed by atoms with E-state index in [4.69, 9.17) is 11.6 Å². The van der Waals surface area contributed by atoms with Gasteiger partial charge in [-0.05, 0) is 37.0 Å². The quantitative estimate of drug-likeness (QED) is 0.642. The monoisotopic (exact) mass is 303 g/mol. The third-order valence-electron chi connectivity index (χ3n) is 4.24. The zero-order chi connectivity index (χ0) is 15.3. The first-order valence-corrected chi connectivity index (χ1v) is 7.69. The largest absolute Gasteiger partial charge is 0.468 e. The number of esters is 1. The molecule has 20 heavy (non-hydrogen) atoms. The minimum Gasteiger partial charge on any atom is -0.468 e. The van der Waals surface area contributed by atoms with Crippen molar-refractivity contribution in [3.05, 3.63) is 0 Å². The Bertz CT molecular complexity index is 344. The summed E-state index contributed by atoms with van der Waals surface area (Å²) in [6.07, 6.45) is 4.00. The molecule has 116 valence electrons. The van der Waals surface area contributed by atoms with Gasteiger partial charge in [0.25, 0.3) is 0 Å². The van der Waals surface area contributed by atoms with E-state index in [9.17, 15) is 9.59 Å². The molecule has 1 aliphatic carbocycles. The predicted molar refractivity (Wildman–Crippen MR) is 79.6 cm³/mol. The summed E-state index contributed by atoms with van der Waals surface area (Å²) in [4.78, 5) is 23.2. The topological polar surface area (TPSA) is 55.4 Å². The molecule has 0 aromatic rings. The SMILES string of the molecule is COC(=O)C(Cl)CNC(=O)C1CCC(C(C)(C)C)CC1. The Morgan fingerprint density at radius 1 is 1.25 bits per heavy atom. The Balaban J connectivity index is 2.35. The van der Waals surface area contributed by atoms with Gasteiger partial charge in [-0.15, -0.1) is 11.6 Å². The van der Waals surface area contributed by atoms with E-state index in [1.165, 1.54) is 7.11 Å². The van der Waals surface area contributed by atoms with E-state index in [0.29, 0.717) is 11.3 Å². The van der Waals surface area contributed by atoms with Gasteiger partial charge in [-0.1, -0.05) is 20.8 Å². The molecule has 1 rings (SSSR count). The zero-order valence-electron chi connectivity index (χ0n) is 12.9. The first-order chi connectivity index (χ1) is 9.25. The van der Waals surface area contributed by atoms with Crippen LogP contribution in [0.1, 0.15) is 46.5 Å². The average molecular weight is 304 g/mol. The third-order valence-corrected chi connectivity index (χ3v) is 4.57. The van der Waals surface area contributed by atoms with Crippen LogP contribution in [-0.2, 0) is 14.3 Å². The second-order valence-corrected chi connectivity index (χ2v) is 7.18. The molecule has 0 bridgehead atoms. The molecule has 0 radical (unpaired) electrons. The van der Waals surface area contributed by atoms with Crippen molar-refractivity contribution in [2.45, 2.75) is 51.8 Å². The molecule has 0 saturated heterocycles. The molecular weight excluding hydrogens is 278 g/mol. The van der Waals surface area contributed by atoms with Gasteiger partial charge in [0, 0.05) is 12.5 Å². The van der Waals surface area contributed by atoms with Crippen LogP contribution >= 0.6 is 11.6 Å². The predicted octanol–water partition coefficient (Wildman–Crippen LogP) is 2.74. The first kappa shape index (κ1) is 17.3. The molecule has 1 fully saturated rings. The van der Waals surface area contributed by atoms with Crippen molar-refractivity contribution < 1.29 is 14.3 Å². The molecule has 1 N–H and O–H groups in total. The molecule has 1 atom stereocenters. The van der Waals surface area contributed by atoms with Crippen molar-refractivity contribution in [3.8, 4) is 0 Å². The van der Waals surface area contributed by atoms with Crippen LogP contribution in [0.3, 0.4) is 0 Å². The van der Waals surface area contributed by atoms with E-state index in [1.54, 1.807) is 0 Å². The smallest absolute Gasteiger partial charge is 0.325 e. The maximum Gasteiger partial charge on any atom is 0.325 e. The maximum absolute atomic E-state index is 12.0. The van der Waals surface area contributed by atoms with E-state index in [0.717, 1.165) is 25.7 Å². The lowest BCUT2D eigenvalue weighted by molar-refractivity contribution is -0.140. The second kappa shape index (κ2) is 7.30. The minimum absolute atomic E-state index is 0.00640. The molecule has 0 heterocycles. The maximum atomic E-state index is 12.0. The van der Waals surface area contributed by atoms with Gasteiger partial charge in [-0.3, -0.25) is 9.59 Å². The molecule has 1 aliphatic rings. The summed E-state index contributed by atoms with van der Waals surface area (Å²) in [7, 11) is 1.29. The van der Waals surface area contributed by atoms with Crippen molar-refractivity contribution in [2.24, 2.45) is 17.3 Å². The van der Waals surface area contributed by atoms with Gasteiger partial charge in [0.2, 0.25) is 5.91 Å². The van der Waals surface area contributed by atoms with Crippen LogP contribution in [0, 0.1) is 17.3 Å². The number of alkyl halides is 1. The fraction of sp³-hybridized carbons (Fsp3) is 0.867. The Kier molecular flexibility index (Phi) is 6.31. The van der Waals surface area contributed by atoms with Crippen LogP contribution in [0.25, 0.3) is 0 Å². The Hall–Kier alpha value is -0.770. The van der Waals surface area contributed by atoms with Gasteiger partial charge >= 0.3 is 5.97 Å². The van der Waals surface area contributed by atoms with Gasteiger partial charge in [0.05, 0.1) is 7.11 Å². The number of amides is 1. The number of rotatable bonds is 4. The lowest BCUT2D eigenvalue weighted by Gasteiger charge is -2.36. The Labute approximate surface area is 126 Å². The Morgan fingerprint density at radius 2 is 1.80 bits per heavy atom. The fourth-order valence-corrected chi connectivity index (χ4v) is 2.93. The molecule has 0 aromatic carbocycles. The number of ether oxygens (including phenoxy) is 1. The lowest BCUT2D eigenvalue weighted by Crippen LogP contribution is -2.39. The summed E-state index contributed by atoms with van der Waals surface area (Å²) >= 11 is 5.81. The molecule has 5 heteroatoms. The number of hydrogen-bond acceptors (Lipinski definition) is 3. The van der Waals surface area contributed by atoms with Gasteiger partial charge in [-0.25, -0.2) is 0 Å². The fourth-order valence-electron chi connectivity index (χ4n) is 2.77. The van der Waals surface area contributed by atoms with E-state index in [1.807, 2.05) is 0 Å². The van der Waals surface area contributed by atoms with E-state index in [2.05, 4.69) is 30.8 Å². The molecule has 1 saturated carbocycles. The van der Waals surface area contributed by atoms with Crippen LogP contribution in [0.2, 0.25) is 0 Å². The van der Waals surface area contributed by atoms with Crippen molar-refractivity contribution in [3.63, 3.8) is 0 Å². The van der Waals surface area contributed by atoms with Crippen LogP contribution in [0.4, 0.5) is 0 Å². The van der Waals surface area contributed by atoms with Crippen LogP contribution in [0.15, 0.2) is 0 Å². The third kappa shape index (κ3) is 4.97. The molecule has 4 nitrogen and oxygen atoms in total. The van der Waals surface area contributed by atoms with Gasteiger partial charge in [0.1, 0.15) is 5.38 Å². The van der Waals surface area contributed by atoms with Crippen molar-refractivity contribution >= 4 is 23.5 Å². The molecular formula is C15H26ClNO3. The normalized spacial score (nSPS) is 24.9. The summed E-state index contributed by atoms with van der Waals surface area (Å²) < 4.78 is 4.52. The molecule has 0 aromatic heterocycles. The highest BCUT2D eigenvalue weighted by molar-refractivity contribution is 6.30. The summed E-state index contributed by atoms with van der Waals surface area (Å²) in [5.41, 5.74) is 0.313. The molecule has 1 amide bonds. The number of carbonyl (C=O) groups is 2. The van der Waals surface area contributed by atoms with Crippen LogP contribution < -0.4 is 5.32 Å². The lowest BCUT2D eigenvalue weighted by atomic mass is 9.69. The van der Waals surface area contributed by atoms with Gasteiger partial charge in [-0.2, -0.15) is 0 Å². The van der Waals surface area contributed by atoms with Gasteiger partial charge in [0.15, 0.2) is 0 Å². The van der Waals surface area contributed by atoms with E-state index < -0.39 is 11.3 Å². The van der Waals surface area contributed by atoms with E-state index in [-0.39, 0.29) is 18.4 Å². The van der Waals surface area contributed by atoms with E-state index >= 15 is 0 Å². The van der Waals surface area contributed by atoms with Crippen LogP contribution in [0.5, 0.6) is 0 Å². The summed E-state index contributed by atoms with van der Waals surface area (Å²) in [6.45, 7) is 6.90. The van der Waals surface area contributed by atoms with Crippen molar-refractivity contribution in [1.82, 2.24) is 5.32 Å². The van der Waals surface area contributed by atoms with Crippen molar-refractivity contribution in [1.29, 1.82) is 0 Å². The first-order valence-electron chi connectivity index (χ1n) is 7.25. The zero-order valence-corrected chi connectivity index (χ0v) is 13.6. The van der Waals surface area contributed by atoms with Gasteiger partial charge < -0.3 is 10.1 Å². The molecule has 0 spiro atoms. The molecule has 1 unspecified atom stereocenters. The second-order valence-electron chi connectivity index (χ2n) is 6.65. The average Bonchev–Trinajstić information content (AvgIpc) is 2.42. The highest BCUT2D eigenvalue weighted by Gasteiger charge is 2.32. The number of nitrogens with one attached hydrogen (secondary N) is 1. The highest BCUT2D eigenvalue weighted by Crippen LogP contribution is 2.39.